The minimum absolute atomic E-state index is 0.0235. The quantitative estimate of drug-likeness (QED) is 0.734. The van der Waals surface area contributed by atoms with Crippen molar-refractivity contribution >= 4 is 15.6 Å². The van der Waals surface area contributed by atoms with Crippen molar-refractivity contribution in [3.8, 4) is 0 Å². The fourth-order valence-electron chi connectivity index (χ4n) is 1.90. The Morgan fingerprint density at radius 2 is 1.95 bits per heavy atom. The molecule has 4 nitrogen and oxygen atoms in total. The summed E-state index contributed by atoms with van der Waals surface area (Å²) < 4.78 is 22.1. The van der Waals surface area contributed by atoms with Crippen molar-refractivity contribution in [3.63, 3.8) is 0 Å². The molecule has 0 atom stereocenters. The van der Waals surface area contributed by atoms with E-state index in [9.17, 15) is 13.2 Å². The van der Waals surface area contributed by atoms with E-state index in [1.165, 1.54) is 6.26 Å². The van der Waals surface area contributed by atoms with Gasteiger partial charge >= 0.3 is 0 Å². The van der Waals surface area contributed by atoms with E-state index >= 15 is 0 Å². The first-order chi connectivity index (χ1) is 8.94. The van der Waals surface area contributed by atoms with Crippen LogP contribution in [-0.2, 0) is 16.3 Å². The van der Waals surface area contributed by atoms with Gasteiger partial charge in [-0.05, 0) is 32.0 Å². The molecule has 0 aliphatic carbocycles. The second-order valence-electron chi connectivity index (χ2n) is 4.67. The number of hydrogen-bond donors (Lipinski definition) is 1. The van der Waals surface area contributed by atoms with E-state index in [4.69, 9.17) is 0 Å². The number of Topliss-reactive ketones (excluding diaryl/α,β-unsaturated/α-hetero) is 1. The van der Waals surface area contributed by atoms with Gasteiger partial charge in [0, 0.05) is 18.2 Å². The van der Waals surface area contributed by atoms with Gasteiger partial charge in [0.05, 0.1) is 5.75 Å². The number of hydrogen-bond acceptors (Lipinski definition) is 4. The van der Waals surface area contributed by atoms with E-state index in [1.807, 2.05) is 31.3 Å². The molecule has 106 valence electrons. The summed E-state index contributed by atoms with van der Waals surface area (Å²) in [5.74, 6) is 0.0904. The number of ketones is 1. The van der Waals surface area contributed by atoms with Crippen molar-refractivity contribution in [3.05, 3.63) is 35.4 Å². The fourth-order valence-corrected chi connectivity index (χ4v) is 2.57. The van der Waals surface area contributed by atoms with Gasteiger partial charge < -0.3 is 5.32 Å². The zero-order chi connectivity index (χ0) is 14.3. The van der Waals surface area contributed by atoms with E-state index in [0.29, 0.717) is 12.0 Å². The summed E-state index contributed by atoms with van der Waals surface area (Å²) in [7, 11) is -1.12. The molecule has 0 spiro atoms. The smallest absolute Gasteiger partial charge is 0.163 e. The van der Waals surface area contributed by atoms with Crippen LogP contribution in [0.5, 0.6) is 0 Å². The molecule has 0 saturated heterocycles. The largest absolute Gasteiger partial charge is 0.319 e. The van der Waals surface area contributed by atoms with Gasteiger partial charge in [0.15, 0.2) is 5.78 Å². The van der Waals surface area contributed by atoms with E-state index in [-0.39, 0.29) is 18.0 Å². The molecule has 0 heterocycles. The van der Waals surface area contributed by atoms with Crippen LogP contribution in [0.15, 0.2) is 24.3 Å². The summed E-state index contributed by atoms with van der Waals surface area (Å²) in [5.41, 5.74) is 1.73. The molecule has 0 fully saturated rings. The molecule has 1 N–H and O–H groups in total. The van der Waals surface area contributed by atoms with Gasteiger partial charge in [-0.25, -0.2) is 8.42 Å². The van der Waals surface area contributed by atoms with Crippen molar-refractivity contribution in [2.45, 2.75) is 19.3 Å². The summed E-state index contributed by atoms with van der Waals surface area (Å²) in [6, 6.07) is 7.51. The van der Waals surface area contributed by atoms with Crippen LogP contribution < -0.4 is 5.32 Å². The number of benzene rings is 1. The molecular formula is C14H21NO3S. The molecule has 0 aliphatic heterocycles. The minimum Gasteiger partial charge on any atom is -0.319 e. The molecule has 0 aromatic heterocycles. The predicted octanol–water partition coefficient (Wildman–Crippen LogP) is 1.46. The van der Waals surface area contributed by atoms with Crippen LogP contribution in [0.25, 0.3) is 0 Å². The first-order valence-corrected chi connectivity index (χ1v) is 8.43. The van der Waals surface area contributed by atoms with Crippen molar-refractivity contribution in [2.75, 3.05) is 25.6 Å². The van der Waals surface area contributed by atoms with Crippen LogP contribution in [0.4, 0.5) is 0 Å². The summed E-state index contributed by atoms with van der Waals surface area (Å²) in [4.78, 5) is 12.1. The maximum absolute atomic E-state index is 12.1. The van der Waals surface area contributed by atoms with Gasteiger partial charge in [-0.1, -0.05) is 24.3 Å². The molecule has 0 unspecified atom stereocenters. The van der Waals surface area contributed by atoms with E-state index < -0.39 is 9.84 Å². The first-order valence-electron chi connectivity index (χ1n) is 6.37. The normalized spacial score (nSPS) is 11.5. The first kappa shape index (κ1) is 15.9. The van der Waals surface area contributed by atoms with E-state index in [0.717, 1.165) is 18.5 Å². The van der Waals surface area contributed by atoms with Crippen LogP contribution in [0.1, 0.15) is 28.8 Å². The van der Waals surface area contributed by atoms with Gasteiger partial charge in [-0.15, -0.1) is 0 Å². The molecule has 1 aromatic rings. The third-order valence-corrected chi connectivity index (χ3v) is 3.91. The lowest BCUT2D eigenvalue weighted by Gasteiger charge is -2.08. The van der Waals surface area contributed by atoms with E-state index in [1.54, 1.807) is 0 Å². The molecule has 0 amide bonds. The van der Waals surface area contributed by atoms with Gasteiger partial charge in [-0.3, -0.25) is 4.79 Å². The second kappa shape index (κ2) is 7.40. The Balaban J connectivity index is 2.65. The molecule has 1 rings (SSSR count). The number of nitrogens with one attached hydrogen (secondary N) is 1. The van der Waals surface area contributed by atoms with Crippen LogP contribution in [-0.4, -0.2) is 39.8 Å². The molecule has 5 heteroatoms. The summed E-state index contributed by atoms with van der Waals surface area (Å²) >= 11 is 0. The summed E-state index contributed by atoms with van der Waals surface area (Å²) in [6.07, 6.45) is 2.66. The fraction of sp³-hybridized carbons (Fsp3) is 0.500. The molecule has 0 bridgehead atoms. The third-order valence-electron chi connectivity index (χ3n) is 2.88. The van der Waals surface area contributed by atoms with Crippen LogP contribution >= 0.6 is 0 Å². The Morgan fingerprint density at radius 3 is 2.58 bits per heavy atom. The average Bonchev–Trinajstić information content (AvgIpc) is 2.35. The SMILES string of the molecule is CNCCc1ccccc1C(=O)CCCS(C)(=O)=O. The number of sulfone groups is 1. The van der Waals surface area contributed by atoms with Crippen molar-refractivity contribution in [2.24, 2.45) is 0 Å². The Morgan fingerprint density at radius 1 is 1.26 bits per heavy atom. The van der Waals surface area contributed by atoms with Gasteiger partial charge in [0.25, 0.3) is 0 Å². The zero-order valence-electron chi connectivity index (χ0n) is 11.5. The highest BCUT2D eigenvalue weighted by Gasteiger charge is 2.11. The van der Waals surface area contributed by atoms with Gasteiger partial charge in [0.1, 0.15) is 9.84 Å². The molecule has 0 aliphatic rings. The molecular weight excluding hydrogens is 262 g/mol. The van der Waals surface area contributed by atoms with Crippen molar-refractivity contribution in [1.82, 2.24) is 5.32 Å². The number of carbonyl (C=O) groups is 1. The van der Waals surface area contributed by atoms with Crippen LogP contribution in [0, 0.1) is 0 Å². The lowest BCUT2D eigenvalue weighted by atomic mass is 9.99. The van der Waals surface area contributed by atoms with Crippen LogP contribution in [0.2, 0.25) is 0 Å². The second-order valence-corrected chi connectivity index (χ2v) is 6.93. The number of rotatable bonds is 8. The topological polar surface area (TPSA) is 63.2 Å². The van der Waals surface area contributed by atoms with Crippen molar-refractivity contribution in [1.29, 1.82) is 0 Å². The van der Waals surface area contributed by atoms with Crippen LogP contribution in [0.3, 0.4) is 0 Å². The summed E-state index contributed by atoms with van der Waals surface area (Å²) in [6.45, 7) is 0.813. The predicted molar refractivity (Wildman–Crippen MR) is 77.3 cm³/mol. The highest BCUT2D eigenvalue weighted by atomic mass is 32.2. The highest BCUT2D eigenvalue weighted by Crippen LogP contribution is 2.13. The maximum atomic E-state index is 12.1. The number of likely N-dealkylation sites (N-methyl/N-ethyl adjacent to an activating group) is 1. The monoisotopic (exact) mass is 283 g/mol. The molecule has 1 aromatic carbocycles. The zero-order valence-corrected chi connectivity index (χ0v) is 12.3. The third kappa shape index (κ3) is 5.98. The standard InChI is InChI=1S/C14H21NO3S/c1-15-10-9-12-6-3-4-7-13(12)14(16)8-5-11-19(2,17)18/h3-4,6-7,15H,5,8-11H2,1-2H3. The highest BCUT2D eigenvalue weighted by molar-refractivity contribution is 7.90. The van der Waals surface area contributed by atoms with Gasteiger partial charge in [-0.2, -0.15) is 0 Å². The Bertz CT molecular complexity index is 523. The minimum atomic E-state index is -2.99. The molecule has 19 heavy (non-hydrogen) atoms. The Kier molecular flexibility index (Phi) is 6.18. The summed E-state index contributed by atoms with van der Waals surface area (Å²) in [5, 5.41) is 3.05. The average molecular weight is 283 g/mol. The maximum Gasteiger partial charge on any atom is 0.163 e. The molecule has 0 radical (unpaired) electrons. The number of carbonyl (C=O) groups excluding carboxylic acids is 1. The Hall–Kier alpha value is -1.20. The lowest BCUT2D eigenvalue weighted by Crippen LogP contribution is -2.13. The lowest BCUT2D eigenvalue weighted by molar-refractivity contribution is 0.0981. The van der Waals surface area contributed by atoms with Crippen molar-refractivity contribution < 1.29 is 13.2 Å². The Labute approximate surface area is 115 Å². The molecule has 0 saturated carbocycles. The van der Waals surface area contributed by atoms with E-state index in [2.05, 4.69) is 5.32 Å². The van der Waals surface area contributed by atoms with Gasteiger partial charge in [0.2, 0.25) is 0 Å².